The second-order valence-electron chi connectivity index (χ2n) is 11.4. The summed E-state index contributed by atoms with van der Waals surface area (Å²) in [5, 5.41) is 9.84. The van der Waals surface area contributed by atoms with Crippen molar-refractivity contribution >= 4 is 32.9 Å². The van der Waals surface area contributed by atoms with Crippen molar-refractivity contribution in [2.24, 2.45) is 5.73 Å². The molecule has 3 N–H and O–H groups in total. The molecular formula is C30H43N9S. The van der Waals surface area contributed by atoms with E-state index in [1.807, 2.05) is 10.6 Å². The second-order valence-corrected chi connectivity index (χ2v) is 12.5. The molecule has 3 aromatic heterocycles. The second kappa shape index (κ2) is 12.5. The highest BCUT2D eigenvalue weighted by Crippen LogP contribution is 2.37. The minimum atomic E-state index is -0.151. The Morgan fingerprint density at radius 2 is 1.60 bits per heavy atom. The third-order valence-corrected chi connectivity index (χ3v) is 9.54. The van der Waals surface area contributed by atoms with Crippen LogP contribution in [0.25, 0.3) is 26.3 Å². The van der Waals surface area contributed by atoms with Crippen LogP contribution in [-0.2, 0) is 0 Å². The normalized spacial score (nSPS) is 19.1. The molecular weight excluding hydrogens is 518 g/mol. The fourth-order valence-corrected chi connectivity index (χ4v) is 6.85. The van der Waals surface area contributed by atoms with Crippen LogP contribution in [0.15, 0.2) is 42.5 Å². The van der Waals surface area contributed by atoms with Crippen LogP contribution in [0.4, 0.5) is 5.82 Å². The van der Waals surface area contributed by atoms with Crippen LogP contribution in [0.5, 0.6) is 0 Å². The Bertz CT molecular complexity index is 1370. The predicted molar refractivity (Wildman–Crippen MR) is 166 cm³/mol. The average molecular weight is 562 g/mol. The molecule has 9 nitrogen and oxygen atoms in total. The number of hydrogen-bond acceptors (Lipinski definition) is 9. The molecule has 0 aliphatic carbocycles. The van der Waals surface area contributed by atoms with Gasteiger partial charge in [0, 0.05) is 70.1 Å². The van der Waals surface area contributed by atoms with Crippen LogP contribution in [-0.4, -0.2) is 120 Å². The SMILES string of the molecule is CN1CCN(CCCNc2ccc3nc(C(N)CCN4CCN(C)CC4)c(-c4cc5ccccc5s4)n3n2)CC1. The molecule has 6 rings (SSSR count). The molecule has 0 bridgehead atoms. The standard InChI is InChI=1S/C30H43N9S/c1-35-14-18-37(19-15-35)12-5-11-32-27-8-9-28-33-29(24(31)10-13-38-20-16-36(2)17-21-38)30(39(28)34-27)26-22-23-6-3-4-7-25(23)40-26/h3-4,6-9,22,24H,5,10-21,31H2,1-2H3,(H,32,34). The zero-order valence-corrected chi connectivity index (χ0v) is 24.7. The summed E-state index contributed by atoms with van der Waals surface area (Å²) in [5.74, 6) is 0.878. The lowest BCUT2D eigenvalue weighted by Gasteiger charge is -2.32. The third-order valence-electron chi connectivity index (χ3n) is 8.42. The van der Waals surface area contributed by atoms with Gasteiger partial charge in [-0.25, -0.2) is 9.50 Å². The van der Waals surface area contributed by atoms with Crippen molar-refractivity contribution in [3.05, 3.63) is 48.2 Å². The van der Waals surface area contributed by atoms with Gasteiger partial charge in [0.05, 0.1) is 16.6 Å². The molecule has 5 heterocycles. The lowest BCUT2D eigenvalue weighted by molar-refractivity contribution is 0.150. The number of fused-ring (bicyclic) bond motifs is 2. The molecule has 1 unspecified atom stereocenters. The number of anilines is 1. The van der Waals surface area contributed by atoms with Crippen LogP contribution in [0.2, 0.25) is 0 Å². The maximum Gasteiger partial charge on any atom is 0.154 e. The molecule has 0 spiro atoms. The fourth-order valence-electron chi connectivity index (χ4n) is 5.75. The lowest BCUT2D eigenvalue weighted by atomic mass is 10.1. The molecule has 214 valence electrons. The molecule has 4 aromatic rings. The van der Waals surface area contributed by atoms with Crippen LogP contribution in [0.1, 0.15) is 24.6 Å². The third kappa shape index (κ3) is 6.32. The zero-order valence-electron chi connectivity index (χ0n) is 23.9. The summed E-state index contributed by atoms with van der Waals surface area (Å²) in [7, 11) is 4.40. The lowest BCUT2D eigenvalue weighted by Crippen LogP contribution is -2.45. The molecule has 40 heavy (non-hydrogen) atoms. The number of nitrogens with zero attached hydrogens (tertiary/aromatic N) is 7. The summed E-state index contributed by atoms with van der Waals surface area (Å²) in [6.45, 7) is 12.1. The summed E-state index contributed by atoms with van der Waals surface area (Å²) >= 11 is 1.79. The number of imidazole rings is 1. The number of piperazine rings is 2. The number of aromatic nitrogens is 3. The fraction of sp³-hybridized carbons (Fsp3) is 0.533. The van der Waals surface area contributed by atoms with Gasteiger partial charge < -0.3 is 30.7 Å². The molecule has 10 heteroatoms. The molecule has 1 atom stereocenters. The van der Waals surface area contributed by atoms with Crippen LogP contribution in [0.3, 0.4) is 0 Å². The first-order valence-electron chi connectivity index (χ1n) is 14.7. The smallest absolute Gasteiger partial charge is 0.154 e. The maximum atomic E-state index is 6.89. The first-order valence-corrected chi connectivity index (χ1v) is 15.5. The van der Waals surface area contributed by atoms with Gasteiger partial charge in [-0.05, 0) is 63.1 Å². The number of benzene rings is 1. The van der Waals surface area contributed by atoms with Gasteiger partial charge in [-0.15, -0.1) is 16.4 Å². The van der Waals surface area contributed by atoms with Crippen molar-refractivity contribution in [2.75, 3.05) is 91.4 Å². The predicted octanol–water partition coefficient (Wildman–Crippen LogP) is 3.30. The monoisotopic (exact) mass is 561 g/mol. The summed E-state index contributed by atoms with van der Waals surface area (Å²) in [4.78, 5) is 16.1. The van der Waals surface area contributed by atoms with Crippen LogP contribution < -0.4 is 11.1 Å². The highest BCUT2D eigenvalue weighted by Gasteiger charge is 2.24. The van der Waals surface area contributed by atoms with Crippen molar-refractivity contribution in [2.45, 2.75) is 18.9 Å². The first kappa shape index (κ1) is 27.6. The Labute approximate surface area is 241 Å². The summed E-state index contributed by atoms with van der Waals surface area (Å²) in [5.41, 5.74) is 9.72. The number of likely N-dealkylation sites (N-methyl/N-ethyl adjacent to an activating group) is 2. The molecule has 0 saturated carbocycles. The Morgan fingerprint density at radius 1 is 0.900 bits per heavy atom. The van der Waals surface area contributed by atoms with Gasteiger partial charge in [0.15, 0.2) is 5.65 Å². The minimum Gasteiger partial charge on any atom is -0.369 e. The average Bonchev–Trinajstić information content (AvgIpc) is 3.57. The van der Waals surface area contributed by atoms with Gasteiger partial charge in [-0.1, -0.05) is 18.2 Å². The van der Waals surface area contributed by atoms with Crippen molar-refractivity contribution in [1.82, 2.24) is 34.2 Å². The first-order chi connectivity index (χ1) is 19.5. The number of thiophene rings is 1. The molecule has 0 amide bonds. The highest BCUT2D eigenvalue weighted by atomic mass is 32.1. The van der Waals surface area contributed by atoms with E-state index in [0.717, 1.165) is 108 Å². The molecule has 2 aliphatic rings. The summed E-state index contributed by atoms with van der Waals surface area (Å²) in [6.07, 6.45) is 1.97. The van der Waals surface area contributed by atoms with Crippen molar-refractivity contribution in [3.8, 4) is 10.6 Å². The summed E-state index contributed by atoms with van der Waals surface area (Å²) in [6, 6.07) is 14.8. The molecule has 2 saturated heterocycles. The molecule has 2 fully saturated rings. The van der Waals surface area contributed by atoms with E-state index in [-0.39, 0.29) is 6.04 Å². The van der Waals surface area contributed by atoms with Crippen LogP contribution >= 0.6 is 11.3 Å². The van der Waals surface area contributed by atoms with Crippen molar-refractivity contribution in [1.29, 1.82) is 0 Å². The Balaban J connectivity index is 1.21. The number of nitrogens with one attached hydrogen (secondary N) is 1. The van der Waals surface area contributed by atoms with E-state index in [4.69, 9.17) is 15.8 Å². The van der Waals surface area contributed by atoms with E-state index in [1.165, 1.54) is 15.0 Å². The van der Waals surface area contributed by atoms with E-state index >= 15 is 0 Å². The van der Waals surface area contributed by atoms with Gasteiger partial charge in [0.1, 0.15) is 11.5 Å². The highest BCUT2D eigenvalue weighted by molar-refractivity contribution is 7.22. The quantitative estimate of drug-likeness (QED) is 0.286. The Hall–Kier alpha value is -2.60. The topological polar surface area (TPSA) is 81.2 Å². The molecule has 2 aliphatic heterocycles. The Morgan fingerprint density at radius 3 is 2.33 bits per heavy atom. The number of hydrogen-bond donors (Lipinski definition) is 2. The Kier molecular flexibility index (Phi) is 8.62. The number of rotatable bonds is 10. The number of nitrogens with two attached hydrogens (primary N) is 1. The van der Waals surface area contributed by atoms with E-state index in [0.29, 0.717) is 0 Å². The van der Waals surface area contributed by atoms with Gasteiger partial charge in [0.25, 0.3) is 0 Å². The van der Waals surface area contributed by atoms with Gasteiger partial charge in [-0.2, -0.15) is 0 Å². The molecule has 1 aromatic carbocycles. The molecule has 0 radical (unpaired) electrons. The van der Waals surface area contributed by atoms with E-state index in [2.05, 4.69) is 75.4 Å². The summed E-state index contributed by atoms with van der Waals surface area (Å²) < 4.78 is 3.28. The van der Waals surface area contributed by atoms with E-state index in [1.54, 1.807) is 11.3 Å². The van der Waals surface area contributed by atoms with Crippen molar-refractivity contribution in [3.63, 3.8) is 0 Å². The van der Waals surface area contributed by atoms with Crippen molar-refractivity contribution < 1.29 is 0 Å². The van der Waals surface area contributed by atoms with Gasteiger partial charge in [-0.3, -0.25) is 0 Å². The van der Waals surface area contributed by atoms with E-state index in [9.17, 15) is 0 Å². The zero-order chi connectivity index (χ0) is 27.5. The van der Waals surface area contributed by atoms with Gasteiger partial charge >= 0.3 is 0 Å². The maximum absolute atomic E-state index is 6.89. The van der Waals surface area contributed by atoms with Crippen LogP contribution in [0, 0.1) is 0 Å². The van der Waals surface area contributed by atoms with E-state index < -0.39 is 0 Å². The largest absolute Gasteiger partial charge is 0.369 e. The minimum absolute atomic E-state index is 0.151. The van der Waals surface area contributed by atoms with Gasteiger partial charge in [0.2, 0.25) is 0 Å².